The molecule has 1 aromatic heterocycles. The monoisotopic (exact) mass is 396 g/mol. The van der Waals surface area contributed by atoms with Gasteiger partial charge in [0.25, 0.3) is 5.56 Å². The molecule has 0 spiro atoms. The standard InChI is InChI=1S/C24H26F2N2O/c25-21-8-6-20(22(26)17-21)16-18-10-14-27(15-11-18)12-3-13-28-23-5-2-1-4-19(23)7-9-24(28)29/h1-2,4-9,17-18H,3,10-16H2. The van der Waals surface area contributed by atoms with Crippen LogP contribution < -0.4 is 5.56 Å². The van der Waals surface area contributed by atoms with Crippen molar-refractivity contribution in [3.63, 3.8) is 0 Å². The molecule has 1 saturated heterocycles. The normalized spacial score (nSPS) is 15.8. The molecule has 0 unspecified atom stereocenters. The molecule has 0 N–H and O–H groups in total. The van der Waals surface area contributed by atoms with Crippen LogP contribution in [0.5, 0.6) is 0 Å². The molecule has 3 aromatic rings. The van der Waals surface area contributed by atoms with Gasteiger partial charge in [-0.3, -0.25) is 4.79 Å². The van der Waals surface area contributed by atoms with E-state index in [-0.39, 0.29) is 5.56 Å². The Morgan fingerprint density at radius 1 is 0.931 bits per heavy atom. The number of pyridine rings is 1. The van der Waals surface area contributed by atoms with Crippen LogP contribution in [0.25, 0.3) is 10.9 Å². The molecule has 1 fully saturated rings. The first-order valence-electron chi connectivity index (χ1n) is 10.3. The van der Waals surface area contributed by atoms with Crippen LogP contribution in [-0.2, 0) is 13.0 Å². The summed E-state index contributed by atoms with van der Waals surface area (Å²) in [5.41, 5.74) is 1.64. The van der Waals surface area contributed by atoms with Gasteiger partial charge in [0.05, 0.1) is 5.52 Å². The Labute approximate surface area is 169 Å². The first-order valence-corrected chi connectivity index (χ1v) is 10.3. The zero-order valence-corrected chi connectivity index (χ0v) is 16.5. The summed E-state index contributed by atoms with van der Waals surface area (Å²) in [6.07, 6.45) is 3.63. The summed E-state index contributed by atoms with van der Waals surface area (Å²) >= 11 is 0. The van der Waals surface area contributed by atoms with Crippen LogP contribution in [0.4, 0.5) is 8.78 Å². The summed E-state index contributed by atoms with van der Waals surface area (Å²) in [5.74, 6) is -0.522. The topological polar surface area (TPSA) is 25.2 Å². The first kappa shape index (κ1) is 19.8. The van der Waals surface area contributed by atoms with Gasteiger partial charge in [-0.25, -0.2) is 8.78 Å². The lowest BCUT2D eigenvalue weighted by Gasteiger charge is -2.32. The van der Waals surface area contributed by atoms with Gasteiger partial charge in [-0.15, -0.1) is 0 Å². The summed E-state index contributed by atoms with van der Waals surface area (Å²) in [5, 5.41) is 1.08. The van der Waals surface area contributed by atoms with Crippen LogP contribution in [0.3, 0.4) is 0 Å². The fourth-order valence-corrected chi connectivity index (χ4v) is 4.34. The molecule has 0 radical (unpaired) electrons. The number of halogens is 2. The fraction of sp³-hybridized carbons (Fsp3) is 0.375. The van der Waals surface area contributed by atoms with Crippen molar-refractivity contribution in [3.05, 3.63) is 82.1 Å². The van der Waals surface area contributed by atoms with E-state index >= 15 is 0 Å². The summed E-state index contributed by atoms with van der Waals surface area (Å²) in [7, 11) is 0. The third kappa shape index (κ3) is 4.73. The fourth-order valence-electron chi connectivity index (χ4n) is 4.34. The van der Waals surface area contributed by atoms with Crippen molar-refractivity contribution in [2.45, 2.75) is 32.2 Å². The molecule has 29 heavy (non-hydrogen) atoms. The van der Waals surface area contributed by atoms with E-state index in [0.717, 1.165) is 55.9 Å². The molecule has 0 saturated carbocycles. The molecule has 4 rings (SSSR count). The van der Waals surface area contributed by atoms with Crippen molar-refractivity contribution in [1.29, 1.82) is 0 Å². The van der Waals surface area contributed by atoms with Gasteiger partial charge < -0.3 is 9.47 Å². The number of piperidine rings is 1. The van der Waals surface area contributed by atoms with Crippen molar-refractivity contribution in [3.8, 4) is 0 Å². The van der Waals surface area contributed by atoms with E-state index in [4.69, 9.17) is 0 Å². The average molecular weight is 396 g/mol. The number of nitrogens with zero attached hydrogens (tertiary/aromatic N) is 2. The highest BCUT2D eigenvalue weighted by molar-refractivity contribution is 5.78. The third-order valence-electron chi connectivity index (χ3n) is 5.99. The molecule has 1 aliphatic heterocycles. The maximum atomic E-state index is 13.9. The largest absolute Gasteiger partial charge is 0.308 e. The second-order valence-electron chi connectivity index (χ2n) is 7.96. The second-order valence-corrected chi connectivity index (χ2v) is 7.96. The zero-order valence-electron chi connectivity index (χ0n) is 16.5. The predicted octanol–water partition coefficient (Wildman–Crippen LogP) is 4.62. The summed E-state index contributed by atoms with van der Waals surface area (Å²) in [4.78, 5) is 14.7. The SMILES string of the molecule is O=c1ccc2ccccc2n1CCCN1CCC(Cc2ccc(F)cc2F)CC1. The highest BCUT2D eigenvalue weighted by Gasteiger charge is 2.20. The second kappa shape index (κ2) is 8.87. The number of rotatable bonds is 6. The number of para-hydroxylation sites is 1. The maximum absolute atomic E-state index is 13.9. The van der Waals surface area contributed by atoms with Crippen LogP contribution in [-0.4, -0.2) is 29.1 Å². The first-order chi connectivity index (χ1) is 14.1. The molecular weight excluding hydrogens is 370 g/mol. The van der Waals surface area contributed by atoms with Gasteiger partial charge in [0.15, 0.2) is 0 Å². The van der Waals surface area contributed by atoms with E-state index in [1.54, 1.807) is 12.1 Å². The van der Waals surface area contributed by atoms with E-state index in [1.807, 2.05) is 34.9 Å². The van der Waals surface area contributed by atoms with Crippen LogP contribution in [0.1, 0.15) is 24.8 Å². The molecule has 152 valence electrons. The number of benzene rings is 2. The van der Waals surface area contributed by atoms with Crippen molar-refractivity contribution >= 4 is 10.9 Å². The number of aromatic nitrogens is 1. The van der Waals surface area contributed by atoms with E-state index in [1.165, 1.54) is 6.07 Å². The summed E-state index contributed by atoms with van der Waals surface area (Å²) in [6, 6.07) is 15.4. The molecule has 2 aromatic carbocycles. The molecule has 0 amide bonds. The van der Waals surface area contributed by atoms with Gasteiger partial charge in [-0.05, 0) is 80.4 Å². The molecule has 5 heteroatoms. The third-order valence-corrected chi connectivity index (χ3v) is 5.99. The molecule has 0 bridgehead atoms. The molecular formula is C24H26F2N2O. The Morgan fingerprint density at radius 2 is 1.72 bits per heavy atom. The Kier molecular flexibility index (Phi) is 6.05. The lowest BCUT2D eigenvalue weighted by Crippen LogP contribution is -2.35. The number of hydrogen-bond donors (Lipinski definition) is 0. The van der Waals surface area contributed by atoms with Crippen LogP contribution in [0.2, 0.25) is 0 Å². The number of likely N-dealkylation sites (tertiary alicyclic amines) is 1. The quantitative estimate of drug-likeness (QED) is 0.607. The van der Waals surface area contributed by atoms with E-state index < -0.39 is 11.6 Å². The summed E-state index contributed by atoms with van der Waals surface area (Å²) in [6.45, 7) is 3.63. The Morgan fingerprint density at radius 3 is 2.52 bits per heavy atom. The molecule has 2 heterocycles. The van der Waals surface area contributed by atoms with Gasteiger partial charge in [-0.1, -0.05) is 24.3 Å². The van der Waals surface area contributed by atoms with Crippen LogP contribution >= 0.6 is 0 Å². The highest BCUT2D eigenvalue weighted by atomic mass is 19.1. The van der Waals surface area contributed by atoms with Crippen LogP contribution in [0.15, 0.2) is 59.4 Å². The van der Waals surface area contributed by atoms with Gasteiger partial charge in [0.1, 0.15) is 11.6 Å². The zero-order chi connectivity index (χ0) is 20.2. The van der Waals surface area contributed by atoms with Gasteiger partial charge in [0, 0.05) is 18.7 Å². The predicted molar refractivity (Wildman–Crippen MR) is 112 cm³/mol. The Bertz CT molecular complexity index is 1040. The highest BCUT2D eigenvalue weighted by Crippen LogP contribution is 2.23. The minimum atomic E-state index is -0.522. The Balaban J connectivity index is 1.28. The minimum Gasteiger partial charge on any atom is -0.308 e. The van der Waals surface area contributed by atoms with Crippen molar-refractivity contribution in [2.75, 3.05) is 19.6 Å². The lowest BCUT2D eigenvalue weighted by atomic mass is 9.90. The molecule has 1 aliphatic rings. The molecule has 3 nitrogen and oxygen atoms in total. The Hall–Kier alpha value is -2.53. The van der Waals surface area contributed by atoms with E-state index in [9.17, 15) is 13.6 Å². The molecule has 0 atom stereocenters. The van der Waals surface area contributed by atoms with Gasteiger partial charge in [0.2, 0.25) is 0 Å². The van der Waals surface area contributed by atoms with Crippen molar-refractivity contribution in [2.24, 2.45) is 5.92 Å². The van der Waals surface area contributed by atoms with Gasteiger partial charge in [-0.2, -0.15) is 0 Å². The van der Waals surface area contributed by atoms with Gasteiger partial charge >= 0.3 is 0 Å². The average Bonchev–Trinajstić information content (AvgIpc) is 2.73. The van der Waals surface area contributed by atoms with E-state index in [0.29, 0.717) is 24.4 Å². The summed E-state index contributed by atoms with van der Waals surface area (Å²) < 4.78 is 28.8. The minimum absolute atomic E-state index is 0.0451. The maximum Gasteiger partial charge on any atom is 0.251 e. The smallest absolute Gasteiger partial charge is 0.251 e. The molecule has 0 aliphatic carbocycles. The van der Waals surface area contributed by atoms with Crippen LogP contribution in [0, 0.1) is 17.6 Å². The van der Waals surface area contributed by atoms with Crippen molar-refractivity contribution in [1.82, 2.24) is 9.47 Å². The van der Waals surface area contributed by atoms with Crippen molar-refractivity contribution < 1.29 is 8.78 Å². The van der Waals surface area contributed by atoms with E-state index in [2.05, 4.69) is 4.90 Å². The number of fused-ring (bicyclic) bond motifs is 1. The number of hydrogen-bond acceptors (Lipinski definition) is 2. The number of aryl methyl sites for hydroxylation is 1. The lowest BCUT2D eigenvalue weighted by molar-refractivity contribution is 0.179.